The van der Waals surface area contributed by atoms with E-state index in [9.17, 15) is 0 Å². The van der Waals surface area contributed by atoms with Crippen LogP contribution < -0.4 is 5.32 Å². The highest BCUT2D eigenvalue weighted by Crippen LogP contribution is 2.23. The van der Waals surface area contributed by atoms with Gasteiger partial charge in [0.05, 0.1) is 28.5 Å². The number of nitrogens with one attached hydrogen (secondary N) is 1. The number of anilines is 1. The van der Waals surface area contributed by atoms with Crippen molar-refractivity contribution < 1.29 is 0 Å². The highest BCUT2D eigenvalue weighted by molar-refractivity contribution is 7.80. The van der Waals surface area contributed by atoms with E-state index in [1.165, 1.54) is 16.7 Å². The number of aryl methyl sites for hydroxylation is 1. The molecule has 1 fully saturated rings. The van der Waals surface area contributed by atoms with Crippen LogP contribution in [0.2, 0.25) is 10.0 Å². The molecule has 2 aromatic carbocycles. The topological polar surface area (TPSA) is 36.3 Å². The van der Waals surface area contributed by atoms with E-state index in [1.807, 2.05) is 35.3 Å². The predicted molar refractivity (Wildman–Crippen MR) is 132 cm³/mol. The Balaban J connectivity index is 1.26. The van der Waals surface area contributed by atoms with Gasteiger partial charge in [-0.25, -0.2) is 0 Å². The van der Waals surface area contributed by atoms with Gasteiger partial charge in [-0.05, 0) is 42.4 Å². The molecule has 162 valence electrons. The Kier molecular flexibility index (Phi) is 7.13. The van der Waals surface area contributed by atoms with Crippen LogP contribution in [0.1, 0.15) is 16.7 Å². The second-order valence-corrected chi connectivity index (χ2v) is 9.06. The Hall–Kier alpha value is -2.12. The minimum atomic E-state index is 0.592. The molecule has 1 saturated heterocycles. The third-order valence-corrected chi connectivity index (χ3v) is 6.50. The number of nitrogens with zero attached hydrogens (tertiary/aromatic N) is 4. The smallest absolute Gasteiger partial charge is 0.173 e. The van der Waals surface area contributed by atoms with Crippen molar-refractivity contribution in [1.82, 2.24) is 19.6 Å². The van der Waals surface area contributed by atoms with Gasteiger partial charge in [0, 0.05) is 38.9 Å². The lowest BCUT2D eigenvalue weighted by Gasteiger charge is -2.36. The van der Waals surface area contributed by atoms with Gasteiger partial charge in [0.15, 0.2) is 5.11 Å². The highest BCUT2D eigenvalue weighted by atomic mass is 35.5. The minimum absolute atomic E-state index is 0.592. The summed E-state index contributed by atoms with van der Waals surface area (Å²) >= 11 is 17.8. The lowest BCUT2D eigenvalue weighted by atomic mass is 10.1. The van der Waals surface area contributed by atoms with E-state index in [-0.39, 0.29) is 0 Å². The maximum Gasteiger partial charge on any atom is 0.173 e. The molecule has 1 aliphatic heterocycles. The molecule has 1 aromatic heterocycles. The van der Waals surface area contributed by atoms with Crippen molar-refractivity contribution in [2.45, 2.75) is 20.0 Å². The molecule has 1 aliphatic rings. The summed E-state index contributed by atoms with van der Waals surface area (Å²) in [7, 11) is 0. The van der Waals surface area contributed by atoms with E-state index in [2.05, 4.69) is 51.4 Å². The average molecular weight is 474 g/mol. The van der Waals surface area contributed by atoms with Crippen molar-refractivity contribution in [1.29, 1.82) is 0 Å². The Bertz CT molecular complexity index is 1040. The van der Waals surface area contributed by atoms with Crippen LogP contribution in [0, 0.1) is 6.92 Å². The summed E-state index contributed by atoms with van der Waals surface area (Å²) < 4.78 is 1.92. The van der Waals surface area contributed by atoms with E-state index < -0.39 is 0 Å². The monoisotopic (exact) mass is 473 g/mol. The van der Waals surface area contributed by atoms with Gasteiger partial charge in [-0.3, -0.25) is 9.58 Å². The van der Waals surface area contributed by atoms with E-state index >= 15 is 0 Å². The summed E-state index contributed by atoms with van der Waals surface area (Å²) in [6.45, 7) is 7.32. The number of halogens is 2. The number of thiocarbonyl (C=S) groups is 1. The van der Waals surface area contributed by atoms with Gasteiger partial charge in [-0.2, -0.15) is 5.10 Å². The van der Waals surface area contributed by atoms with Gasteiger partial charge < -0.3 is 10.2 Å². The lowest BCUT2D eigenvalue weighted by Crippen LogP contribution is -2.49. The van der Waals surface area contributed by atoms with Crippen LogP contribution in [0.25, 0.3) is 0 Å². The van der Waals surface area contributed by atoms with Gasteiger partial charge in [-0.15, -0.1) is 0 Å². The maximum atomic E-state index is 6.14. The fourth-order valence-electron chi connectivity index (χ4n) is 3.60. The molecular weight excluding hydrogens is 449 g/mol. The first kappa shape index (κ1) is 22.1. The summed E-state index contributed by atoms with van der Waals surface area (Å²) in [5.74, 6) is 0. The SMILES string of the molecule is Cc1ccc(Cn2cc(NC(=S)N3CCN(Cc4ccc(Cl)c(Cl)c4)CC3)cn2)cc1. The quantitative estimate of drug-likeness (QED) is 0.523. The zero-order valence-corrected chi connectivity index (χ0v) is 19.7. The standard InChI is InChI=1S/C23H25Cl2N5S/c1-17-2-4-18(5-3-17)15-30-16-20(13-26-30)27-23(31)29-10-8-28(9-11-29)14-19-6-7-21(24)22(25)12-19/h2-7,12-13,16H,8-11,14-15H2,1H3,(H,27,31). The van der Waals surface area contributed by atoms with Crippen molar-refractivity contribution in [2.24, 2.45) is 0 Å². The number of hydrogen-bond acceptors (Lipinski definition) is 3. The first-order valence-electron chi connectivity index (χ1n) is 10.3. The zero-order chi connectivity index (χ0) is 21.8. The molecule has 8 heteroatoms. The Morgan fingerprint density at radius 2 is 1.68 bits per heavy atom. The number of benzene rings is 2. The van der Waals surface area contributed by atoms with Crippen molar-refractivity contribution in [2.75, 3.05) is 31.5 Å². The normalized spacial score (nSPS) is 14.6. The molecule has 1 N–H and O–H groups in total. The number of rotatable bonds is 5. The number of piperazine rings is 1. The van der Waals surface area contributed by atoms with E-state index in [0.717, 1.165) is 50.1 Å². The Morgan fingerprint density at radius 1 is 0.968 bits per heavy atom. The van der Waals surface area contributed by atoms with Crippen LogP contribution >= 0.6 is 35.4 Å². The summed E-state index contributed by atoms with van der Waals surface area (Å²) in [6.07, 6.45) is 3.81. The van der Waals surface area contributed by atoms with Crippen molar-refractivity contribution in [3.05, 3.63) is 81.6 Å². The van der Waals surface area contributed by atoms with Crippen molar-refractivity contribution in [3.63, 3.8) is 0 Å². The largest absolute Gasteiger partial charge is 0.346 e. The molecule has 0 aliphatic carbocycles. The first-order chi connectivity index (χ1) is 15.0. The molecule has 0 radical (unpaired) electrons. The maximum absolute atomic E-state index is 6.14. The van der Waals surface area contributed by atoms with Gasteiger partial charge in [0.1, 0.15) is 0 Å². The van der Waals surface area contributed by atoms with Crippen LogP contribution in [0.5, 0.6) is 0 Å². The Labute approximate surface area is 198 Å². The number of aromatic nitrogens is 2. The van der Waals surface area contributed by atoms with E-state index in [1.54, 1.807) is 0 Å². The molecule has 4 rings (SSSR count). The lowest BCUT2D eigenvalue weighted by molar-refractivity contribution is 0.177. The molecule has 0 atom stereocenters. The molecule has 0 amide bonds. The van der Waals surface area contributed by atoms with E-state index in [4.69, 9.17) is 35.4 Å². The van der Waals surface area contributed by atoms with Crippen molar-refractivity contribution in [3.8, 4) is 0 Å². The third kappa shape index (κ3) is 5.98. The molecule has 31 heavy (non-hydrogen) atoms. The summed E-state index contributed by atoms with van der Waals surface area (Å²) in [5, 5.41) is 9.71. The molecule has 3 aromatic rings. The first-order valence-corrected chi connectivity index (χ1v) is 11.4. The fourth-order valence-corrected chi connectivity index (χ4v) is 4.22. The molecule has 0 saturated carbocycles. The van der Waals surface area contributed by atoms with Gasteiger partial charge in [-0.1, -0.05) is 59.1 Å². The second-order valence-electron chi connectivity index (χ2n) is 7.85. The van der Waals surface area contributed by atoms with Crippen LogP contribution in [0.3, 0.4) is 0 Å². The average Bonchev–Trinajstić information content (AvgIpc) is 3.19. The molecule has 0 bridgehead atoms. The fraction of sp³-hybridized carbons (Fsp3) is 0.304. The van der Waals surface area contributed by atoms with Crippen LogP contribution in [0.4, 0.5) is 5.69 Å². The molecule has 0 spiro atoms. The third-order valence-electron chi connectivity index (χ3n) is 5.40. The summed E-state index contributed by atoms with van der Waals surface area (Å²) in [5.41, 5.74) is 4.56. The molecule has 5 nitrogen and oxygen atoms in total. The summed E-state index contributed by atoms with van der Waals surface area (Å²) in [4.78, 5) is 4.61. The van der Waals surface area contributed by atoms with Crippen molar-refractivity contribution >= 4 is 46.2 Å². The van der Waals surface area contributed by atoms with Crippen LogP contribution in [0.15, 0.2) is 54.9 Å². The summed E-state index contributed by atoms with van der Waals surface area (Å²) in [6, 6.07) is 14.3. The van der Waals surface area contributed by atoms with Gasteiger partial charge in [0.2, 0.25) is 0 Å². The molecular formula is C23H25Cl2N5S. The molecule has 0 unspecified atom stereocenters. The molecule has 2 heterocycles. The minimum Gasteiger partial charge on any atom is -0.346 e. The van der Waals surface area contributed by atoms with Gasteiger partial charge in [0.25, 0.3) is 0 Å². The predicted octanol–water partition coefficient (Wildman–Crippen LogP) is 5.06. The van der Waals surface area contributed by atoms with Gasteiger partial charge >= 0.3 is 0 Å². The number of hydrogen-bond donors (Lipinski definition) is 1. The second kappa shape index (κ2) is 10.0. The van der Waals surface area contributed by atoms with Crippen LogP contribution in [-0.2, 0) is 13.1 Å². The van der Waals surface area contributed by atoms with E-state index in [0.29, 0.717) is 10.0 Å². The zero-order valence-electron chi connectivity index (χ0n) is 17.4. The Morgan fingerprint density at radius 3 is 2.39 bits per heavy atom. The highest BCUT2D eigenvalue weighted by Gasteiger charge is 2.19. The van der Waals surface area contributed by atoms with Crippen LogP contribution in [-0.4, -0.2) is 50.9 Å².